The van der Waals surface area contributed by atoms with E-state index in [9.17, 15) is 39.8 Å². The van der Waals surface area contributed by atoms with Crippen LogP contribution in [0.4, 0.5) is 0 Å². The number of esters is 1. The van der Waals surface area contributed by atoms with Crippen LogP contribution in [0.2, 0.25) is 0 Å². The normalized spacial score (nSPS) is 22.8. The summed E-state index contributed by atoms with van der Waals surface area (Å²) in [5.74, 6) is -0.554. The number of hydrogen-bond acceptors (Lipinski definition) is 11. The van der Waals surface area contributed by atoms with Crippen molar-refractivity contribution in [2.75, 3.05) is 13.2 Å². The molecule has 0 aromatic heterocycles. The van der Waals surface area contributed by atoms with Gasteiger partial charge in [-0.15, -0.1) is 0 Å². The zero-order chi connectivity index (χ0) is 44.1. The second kappa shape index (κ2) is 37.4. The van der Waals surface area contributed by atoms with E-state index in [4.69, 9.17) is 18.5 Å². The van der Waals surface area contributed by atoms with E-state index in [1.807, 2.05) is 18.2 Å². The molecule has 1 aliphatic rings. The van der Waals surface area contributed by atoms with Gasteiger partial charge in [-0.05, 0) is 63.9 Å². The van der Waals surface area contributed by atoms with Crippen molar-refractivity contribution in [1.82, 2.24) is 0 Å². The van der Waals surface area contributed by atoms with E-state index in [-0.39, 0.29) is 13.0 Å². The van der Waals surface area contributed by atoms with Crippen molar-refractivity contribution in [2.45, 2.75) is 217 Å². The minimum atomic E-state index is -5.05. The Bertz CT molecular complexity index is 1220. The Morgan fingerprint density at radius 3 is 1.45 bits per heavy atom. The summed E-state index contributed by atoms with van der Waals surface area (Å²) < 4.78 is 33.9. The van der Waals surface area contributed by atoms with E-state index in [1.54, 1.807) is 0 Å². The van der Waals surface area contributed by atoms with E-state index < -0.39 is 63.1 Å². The highest BCUT2D eigenvalue weighted by Crippen LogP contribution is 2.47. The van der Waals surface area contributed by atoms with Crippen LogP contribution in [0.1, 0.15) is 174 Å². The summed E-state index contributed by atoms with van der Waals surface area (Å²) in [6.07, 6.45) is 35.2. The van der Waals surface area contributed by atoms with Crippen LogP contribution in [0.25, 0.3) is 0 Å². The summed E-state index contributed by atoms with van der Waals surface area (Å²) in [6.45, 7) is 3.65. The Hall–Kier alpha value is -2.12. The Morgan fingerprint density at radius 2 is 0.933 bits per heavy atom. The second-order valence-corrected chi connectivity index (χ2v) is 17.4. The topological polar surface area (TPSA) is 192 Å². The number of aliphatic hydroxyl groups excluding tert-OH is 5. The first-order valence-corrected chi connectivity index (χ1v) is 24.7. The summed E-state index contributed by atoms with van der Waals surface area (Å²) in [6, 6.07) is 0. The first kappa shape index (κ1) is 55.9. The van der Waals surface area contributed by atoms with Gasteiger partial charge in [0, 0.05) is 6.42 Å². The summed E-state index contributed by atoms with van der Waals surface area (Å²) in [7, 11) is -5.05. The monoisotopic (exact) mass is 871 g/mol. The molecule has 0 heterocycles. The van der Waals surface area contributed by atoms with Gasteiger partial charge in [0.05, 0.1) is 12.9 Å². The smallest absolute Gasteiger partial charge is 0.472 e. The third-order valence-corrected chi connectivity index (χ3v) is 11.4. The van der Waals surface area contributed by atoms with Crippen LogP contribution >= 0.6 is 7.82 Å². The third kappa shape index (κ3) is 29.2. The lowest BCUT2D eigenvalue weighted by molar-refractivity contribution is -0.220. The van der Waals surface area contributed by atoms with Crippen LogP contribution in [0.5, 0.6) is 0 Å². The Balaban J connectivity index is 2.48. The minimum Gasteiger partial charge on any atom is -0.498 e. The molecular formula is C47H83O12P. The van der Waals surface area contributed by atoms with Crippen molar-refractivity contribution >= 4 is 13.8 Å². The molecule has 0 saturated heterocycles. The van der Waals surface area contributed by atoms with Gasteiger partial charge in [-0.2, -0.15) is 0 Å². The molecule has 1 rings (SSSR count). The van der Waals surface area contributed by atoms with E-state index in [0.717, 1.165) is 44.9 Å². The number of phosphoric ester groups is 1. The van der Waals surface area contributed by atoms with E-state index >= 15 is 0 Å². The van der Waals surface area contributed by atoms with Crippen molar-refractivity contribution in [3.05, 3.63) is 60.9 Å². The fourth-order valence-corrected chi connectivity index (χ4v) is 7.70. The maximum absolute atomic E-state index is 12.8. The highest BCUT2D eigenvalue weighted by atomic mass is 31.2. The third-order valence-electron chi connectivity index (χ3n) is 10.5. The predicted molar refractivity (Wildman–Crippen MR) is 239 cm³/mol. The average molecular weight is 871 g/mol. The molecule has 60 heavy (non-hydrogen) atoms. The molecule has 8 atom stereocenters. The lowest BCUT2D eigenvalue weighted by atomic mass is 9.85. The van der Waals surface area contributed by atoms with Gasteiger partial charge in [0.25, 0.3) is 0 Å². The van der Waals surface area contributed by atoms with Gasteiger partial charge >= 0.3 is 13.8 Å². The Morgan fingerprint density at radius 1 is 0.533 bits per heavy atom. The van der Waals surface area contributed by atoms with Crippen LogP contribution in [0, 0.1) is 0 Å². The fourth-order valence-electron chi connectivity index (χ4n) is 6.72. The molecule has 348 valence electrons. The van der Waals surface area contributed by atoms with Gasteiger partial charge < -0.3 is 39.9 Å². The van der Waals surface area contributed by atoms with Gasteiger partial charge in [-0.3, -0.25) is 13.8 Å². The van der Waals surface area contributed by atoms with Crippen molar-refractivity contribution in [2.24, 2.45) is 0 Å². The number of aliphatic hydroxyl groups is 5. The molecule has 1 saturated carbocycles. The zero-order valence-electron chi connectivity index (χ0n) is 37.0. The van der Waals surface area contributed by atoms with Crippen molar-refractivity contribution < 1.29 is 58.3 Å². The number of hydrogen-bond donors (Lipinski definition) is 6. The minimum absolute atomic E-state index is 0.0926. The van der Waals surface area contributed by atoms with Crippen LogP contribution in [0.15, 0.2) is 60.9 Å². The lowest BCUT2D eigenvalue weighted by Crippen LogP contribution is -2.64. The van der Waals surface area contributed by atoms with Gasteiger partial charge in [0.1, 0.15) is 43.2 Å². The quantitative estimate of drug-likeness (QED) is 0.0113. The van der Waals surface area contributed by atoms with E-state index in [0.29, 0.717) is 12.8 Å². The molecule has 0 radical (unpaired) electrons. The maximum Gasteiger partial charge on any atom is 0.472 e. The molecule has 12 nitrogen and oxygen atoms in total. The number of phosphoric acid groups is 1. The van der Waals surface area contributed by atoms with Gasteiger partial charge in [0.2, 0.25) is 0 Å². The highest BCUT2D eigenvalue weighted by Gasteiger charge is 2.51. The molecule has 0 aromatic carbocycles. The van der Waals surface area contributed by atoms with Gasteiger partial charge in [0.15, 0.2) is 6.10 Å². The maximum atomic E-state index is 12.8. The Kier molecular flexibility index (Phi) is 34.9. The number of allylic oxidation sites excluding steroid dienone is 9. The van der Waals surface area contributed by atoms with Gasteiger partial charge in [-0.1, -0.05) is 159 Å². The molecular weight excluding hydrogens is 787 g/mol. The highest BCUT2D eigenvalue weighted by molar-refractivity contribution is 7.47. The number of unbranched alkanes of at least 4 members (excludes halogenated alkanes) is 18. The second-order valence-electron chi connectivity index (χ2n) is 16.0. The number of carbonyl (C=O) groups is 1. The molecule has 0 bridgehead atoms. The molecule has 0 amide bonds. The largest absolute Gasteiger partial charge is 0.498 e. The molecule has 1 aliphatic carbocycles. The zero-order valence-corrected chi connectivity index (χ0v) is 37.9. The molecule has 0 aliphatic heterocycles. The van der Waals surface area contributed by atoms with E-state index in [2.05, 4.69) is 50.3 Å². The number of ether oxygens (including phenoxy) is 2. The molecule has 0 aromatic rings. The van der Waals surface area contributed by atoms with E-state index in [1.165, 1.54) is 103 Å². The molecule has 6 N–H and O–H groups in total. The summed E-state index contributed by atoms with van der Waals surface area (Å²) in [4.78, 5) is 23.1. The standard InChI is InChI=1S/C47H83O12P/c1-3-5-7-9-11-13-15-17-19-21-22-24-26-28-30-32-34-36-41(48)58-40(39-57-60(54,55)59-47-45(52)43(50)42(49)44(51)46(47)53)38-56-37-35-33-31-29-27-25-23-20-18-16-14-12-10-8-6-4-2/h11,13,17,19,22,24,28,30,35,37,40,42-47,49-53H,3-10,12,14-16,18,20-21,23,25-27,29,31-34,36,38-39H2,1-2H3,(H,54,55)/b13-11-,19-17-,24-22-,30-28-,37-35-/t40-,42?,43-,44?,45?,46?,47?/m1/s1. The van der Waals surface area contributed by atoms with Crippen LogP contribution in [-0.4, -0.2) is 92.3 Å². The van der Waals surface area contributed by atoms with Crippen molar-refractivity contribution in [3.63, 3.8) is 0 Å². The Labute approximate surface area is 362 Å². The molecule has 13 heteroatoms. The lowest BCUT2D eigenvalue weighted by Gasteiger charge is -2.41. The number of carbonyl (C=O) groups excluding carboxylic acids is 1. The van der Waals surface area contributed by atoms with Crippen molar-refractivity contribution in [1.29, 1.82) is 0 Å². The fraction of sp³-hybridized carbons (Fsp3) is 0.766. The van der Waals surface area contributed by atoms with Gasteiger partial charge in [-0.25, -0.2) is 4.57 Å². The number of rotatable bonds is 38. The molecule has 6 unspecified atom stereocenters. The molecule has 1 fully saturated rings. The SMILES string of the molecule is CCCCC/C=C\C/C=C\C/C=C\C/C=C\CCCC(=O)O[C@H](CO/C=C\CCCCCCCCCCCCCCCC)COP(=O)(O)OC1C(O)C(O)C(O)[C@@H](O)C1O. The van der Waals surface area contributed by atoms with Crippen molar-refractivity contribution in [3.8, 4) is 0 Å². The molecule has 0 spiro atoms. The predicted octanol–water partition coefficient (Wildman–Crippen LogP) is 9.77. The summed E-state index contributed by atoms with van der Waals surface area (Å²) in [5.41, 5.74) is 0. The van der Waals surface area contributed by atoms with Crippen LogP contribution in [0.3, 0.4) is 0 Å². The average Bonchev–Trinajstić information content (AvgIpc) is 3.23. The first-order chi connectivity index (χ1) is 29.0. The van der Waals surface area contributed by atoms with Crippen LogP contribution < -0.4 is 0 Å². The summed E-state index contributed by atoms with van der Waals surface area (Å²) in [5, 5.41) is 50.1. The van der Waals surface area contributed by atoms with Crippen LogP contribution in [-0.2, 0) is 27.9 Å². The summed E-state index contributed by atoms with van der Waals surface area (Å²) >= 11 is 0. The first-order valence-electron chi connectivity index (χ1n) is 23.2.